The van der Waals surface area contributed by atoms with Gasteiger partial charge in [-0.05, 0) is 51.5 Å². The molecule has 0 heterocycles. The summed E-state index contributed by atoms with van der Waals surface area (Å²) in [4.78, 5) is 11.4. The van der Waals surface area contributed by atoms with Gasteiger partial charge in [0.05, 0.1) is 7.11 Å². The predicted molar refractivity (Wildman–Crippen MR) is 82.8 cm³/mol. The van der Waals surface area contributed by atoms with Crippen LogP contribution in [0.25, 0.3) is 0 Å². The van der Waals surface area contributed by atoms with E-state index in [1.807, 2.05) is 18.2 Å². The molecular weight excluding hydrogens is 322 g/mol. The minimum atomic E-state index is -0.621. The fraction of sp³-hybridized carbons (Fsp3) is 0.533. The Morgan fingerprint density at radius 3 is 2.60 bits per heavy atom. The maximum absolute atomic E-state index is 11.4. The van der Waals surface area contributed by atoms with Gasteiger partial charge in [-0.15, -0.1) is 0 Å². The summed E-state index contributed by atoms with van der Waals surface area (Å²) in [5.74, 6) is 0.263. The molecule has 1 aromatic carbocycles. The highest BCUT2D eigenvalue weighted by molar-refractivity contribution is 9.10. The minimum Gasteiger partial charge on any atom is -0.479 e. The fourth-order valence-corrected chi connectivity index (χ4v) is 1.93. The molecule has 0 saturated carbocycles. The first-order valence-electron chi connectivity index (χ1n) is 6.51. The number of hydrogen-bond acceptors (Lipinski definition) is 4. The van der Waals surface area contributed by atoms with E-state index < -0.39 is 6.10 Å². The van der Waals surface area contributed by atoms with Gasteiger partial charge in [-0.3, -0.25) is 0 Å². The molecule has 0 aliphatic heterocycles. The molecule has 0 radical (unpaired) electrons. The Bertz CT molecular complexity index is 469. The van der Waals surface area contributed by atoms with Gasteiger partial charge < -0.3 is 14.8 Å². The predicted octanol–water partition coefficient (Wildman–Crippen LogP) is 3.28. The summed E-state index contributed by atoms with van der Waals surface area (Å²) >= 11 is 3.52. The van der Waals surface area contributed by atoms with Crippen LogP contribution in [0.1, 0.15) is 33.3 Å². The van der Waals surface area contributed by atoms with Crippen LogP contribution in [-0.4, -0.2) is 24.7 Å². The maximum Gasteiger partial charge on any atom is 0.346 e. The topological polar surface area (TPSA) is 47.6 Å². The molecule has 5 heteroatoms. The Kier molecular flexibility index (Phi) is 6.02. The van der Waals surface area contributed by atoms with E-state index in [1.54, 1.807) is 6.92 Å². The van der Waals surface area contributed by atoms with Gasteiger partial charge >= 0.3 is 5.97 Å². The molecule has 0 aromatic heterocycles. The van der Waals surface area contributed by atoms with E-state index in [-0.39, 0.29) is 11.5 Å². The summed E-state index contributed by atoms with van der Waals surface area (Å²) in [6, 6.07) is 5.66. The normalized spacial score (nSPS) is 12.9. The SMILES string of the molecule is COC(=O)C(C)Oc1ccc(Br)c(CNC(C)(C)C)c1. The Morgan fingerprint density at radius 2 is 2.05 bits per heavy atom. The summed E-state index contributed by atoms with van der Waals surface area (Å²) in [6.45, 7) is 8.72. The number of esters is 1. The molecule has 1 aromatic rings. The van der Waals surface area contributed by atoms with Gasteiger partial charge in [0.15, 0.2) is 6.10 Å². The van der Waals surface area contributed by atoms with E-state index >= 15 is 0 Å². The molecule has 0 aliphatic rings. The monoisotopic (exact) mass is 343 g/mol. The first kappa shape index (κ1) is 17.0. The van der Waals surface area contributed by atoms with E-state index in [0.717, 1.165) is 10.0 Å². The number of nitrogens with one attached hydrogen (secondary N) is 1. The Balaban J connectivity index is 2.78. The molecule has 1 N–H and O–H groups in total. The van der Waals surface area contributed by atoms with Crippen molar-refractivity contribution in [3.05, 3.63) is 28.2 Å². The number of rotatable bonds is 5. The van der Waals surface area contributed by atoms with E-state index in [4.69, 9.17) is 4.74 Å². The number of ether oxygens (including phenoxy) is 2. The van der Waals surface area contributed by atoms with Crippen molar-refractivity contribution in [3.63, 3.8) is 0 Å². The molecule has 1 atom stereocenters. The highest BCUT2D eigenvalue weighted by Crippen LogP contribution is 2.24. The highest BCUT2D eigenvalue weighted by atomic mass is 79.9. The van der Waals surface area contributed by atoms with E-state index in [2.05, 4.69) is 46.8 Å². The van der Waals surface area contributed by atoms with Gasteiger partial charge in [0.25, 0.3) is 0 Å². The Morgan fingerprint density at radius 1 is 1.40 bits per heavy atom. The number of hydrogen-bond donors (Lipinski definition) is 1. The first-order chi connectivity index (χ1) is 9.23. The molecule has 1 unspecified atom stereocenters. The van der Waals surface area contributed by atoms with Crippen LogP contribution in [0.4, 0.5) is 0 Å². The van der Waals surface area contributed by atoms with Crippen molar-refractivity contribution in [2.45, 2.75) is 45.9 Å². The van der Waals surface area contributed by atoms with Gasteiger partial charge in [0.1, 0.15) is 5.75 Å². The van der Waals surface area contributed by atoms with Crippen molar-refractivity contribution < 1.29 is 14.3 Å². The molecule has 0 amide bonds. The molecule has 0 saturated heterocycles. The maximum atomic E-state index is 11.4. The summed E-state index contributed by atoms with van der Waals surface area (Å²) in [5.41, 5.74) is 1.12. The van der Waals surface area contributed by atoms with Crippen molar-refractivity contribution >= 4 is 21.9 Å². The lowest BCUT2D eigenvalue weighted by molar-refractivity contribution is -0.147. The first-order valence-corrected chi connectivity index (χ1v) is 7.30. The number of carbonyl (C=O) groups is 1. The molecule has 112 valence electrons. The third-order valence-corrected chi connectivity index (χ3v) is 3.45. The number of halogens is 1. The van der Waals surface area contributed by atoms with Crippen molar-refractivity contribution in [1.29, 1.82) is 0 Å². The van der Waals surface area contributed by atoms with Crippen LogP contribution in [0.2, 0.25) is 0 Å². The Labute approximate surface area is 129 Å². The second kappa shape index (κ2) is 7.09. The summed E-state index contributed by atoms with van der Waals surface area (Å²) < 4.78 is 11.2. The lowest BCUT2D eigenvalue weighted by atomic mass is 10.1. The van der Waals surface area contributed by atoms with Gasteiger partial charge in [0, 0.05) is 16.6 Å². The number of carbonyl (C=O) groups excluding carboxylic acids is 1. The zero-order chi connectivity index (χ0) is 15.3. The summed E-state index contributed by atoms with van der Waals surface area (Å²) in [6.07, 6.45) is -0.621. The molecule has 0 bridgehead atoms. The number of benzene rings is 1. The van der Waals surface area contributed by atoms with Crippen molar-refractivity contribution in [1.82, 2.24) is 5.32 Å². The minimum absolute atomic E-state index is 0.0373. The lowest BCUT2D eigenvalue weighted by Crippen LogP contribution is -2.35. The zero-order valence-corrected chi connectivity index (χ0v) is 14.2. The average Bonchev–Trinajstić information content (AvgIpc) is 2.37. The number of methoxy groups -OCH3 is 1. The average molecular weight is 344 g/mol. The highest BCUT2D eigenvalue weighted by Gasteiger charge is 2.16. The van der Waals surface area contributed by atoms with Crippen molar-refractivity contribution in [3.8, 4) is 5.75 Å². The van der Waals surface area contributed by atoms with Crippen LogP contribution in [0, 0.1) is 0 Å². The van der Waals surface area contributed by atoms with E-state index in [1.165, 1.54) is 7.11 Å². The van der Waals surface area contributed by atoms with Gasteiger partial charge in [-0.25, -0.2) is 4.79 Å². The molecule has 0 aliphatic carbocycles. The van der Waals surface area contributed by atoms with Crippen LogP contribution in [-0.2, 0) is 16.1 Å². The molecule has 20 heavy (non-hydrogen) atoms. The van der Waals surface area contributed by atoms with Crippen LogP contribution >= 0.6 is 15.9 Å². The standard InChI is InChI=1S/C15H22BrNO3/c1-10(14(18)19-5)20-12-6-7-13(16)11(8-12)9-17-15(2,3)4/h6-8,10,17H,9H2,1-5H3. The van der Waals surface area contributed by atoms with Crippen molar-refractivity contribution in [2.75, 3.05) is 7.11 Å². The molecule has 0 fully saturated rings. The third-order valence-electron chi connectivity index (χ3n) is 2.67. The Hall–Kier alpha value is -1.07. The summed E-state index contributed by atoms with van der Waals surface area (Å²) in [7, 11) is 1.35. The fourth-order valence-electron chi connectivity index (χ4n) is 1.54. The van der Waals surface area contributed by atoms with Gasteiger partial charge in [0.2, 0.25) is 0 Å². The molecule has 1 rings (SSSR count). The van der Waals surface area contributed by atoms with Gasteiger partial charge in [-0.2, -0.15) is 0 Å². The zero-order valence-electron chi connectivity index (χ0n) is 12.6. The van der Waals surface area contributed by atoms with Gasteiger partial charge in [-0.1, -0.05) is 15.9 Å². The largest absolute Gasteiger partial charge is 0.479 e. The smallest absolute Gasteiger partial charge is 0.346 e. The summed E-state index contributed by atoms with van der Waals surface area (Å²) in [5, 5.41) is 3.42. The van der Waals surface area contributed by atoms with Crippen LogP contribution in [0.15, 0.2) is 22.7 Å². The quantitative estimate of drug-likeness (QED) is 0.833. The third kappa shape index (κ3) is 5.51. The van der Waals surface area contributed by atoms with E-state index in [0.29, 0.717) is 12.3 Å². The molecule has 0 spiro atoms. The van der Waals surface area contributed by atoms with Crippen molar-refractivity contribution in [2.24, 2.45) is 0 Å². The van der Waals surface area contributed by atoms with E-state index in [9.17, 15) is 4.79 Å². The van der Waals surface area contributed by atoms with Crippen LogP contribution in [0.5, 0.6) is 5.75 Å². The second-order valence-electron chi connectivity index (χ2n) is 5.64. The second-order valence-corrected chi connectivity index (χ2v) is 6.49. The molecular formula is C15H22BrNO3. The molecule has 4 nitrogen and oxygen atoms in total. The van der Waals surface area contributed by atoms with Crippen LogP contribution in [0.3, 0.4) is 0 Å². The van der Waals surface area contributed by atoms with Crippen LogP contribution < -0.4 is 10.1 Å². The lowest BCUT2D eigenvalue weighted by Gasteiger charge is -2.21.